The second-order valence-electron chi connectivity index (χ2n) is 9.29. The van der Waals surface area contributed by atoms with E-state index in [1.54, 1.807) is 6.20 Å². The Balaban J connectivity index is 1.51. The molecule has 0 aromatic carbocycles. The lowest BCUT2D eigenvalue weighted by Crippen LogP contribution is -2.40. The largest absolute Gasteiger partial charge is 0.332 e. The first-order valence-corrected chi connectivity index (χ1v) is 11.8. The van der Waals surface area contributed by atoms with Crippen molar-refractivity contribution in [3.63, 3.8) is 0 Å². The molecule has 1 fully saturated rings. The van der Waals surface area contributed by atoms with Crippen molar-refractivity contribution < 1.29 is 9.59 Å². The number of likely N-dealkylation sites (tertiary alicyclic amines) is 1. The van der Waals surface area contributed by atoms with Gasteiger partial charge in [-0.1, -0.05) is 19.9 Å². The molecule has 0 N–H and O–H groups in total. The van der Waals surface area contributed by atoms with Gasteiger partial charge in [-0.3, -0.25) is 19.5 Å². The van der Waals surface area contributed by atoms with Gasteiger partial charge >= 0.3 is 0 Å². The van der Waals surface area contributed by atoms with Gasteiger partial charge in [0.2, 0.25) is 11.8 Å². The van der Waals surface area contributed by atoms with Crippen LogP contribution in [0.3, 0.4) is 0 Å². The summed E-state index contributed by atoms with van der Waals surface area (Å²) < 4.78 is 0. The summed E-state index contributed by atoms with van der Waals surface area (Å²) in [6.45, 7) is 7.61. The molecule has 2 aliphatic rings. The van der Waals surface area contributed by atoms with Gasteiger partial charge < -0.3 is 4.90 Å². The first-order valence-electron chi connectivity index (χ1n) is 11.8. The fourth-order valence-electron chi connectivity index (χ4n) is 4.75. The average molecular weight is 436 g/mol. The SMILES string of the molecule is Cc1nc(C2CCCN2C(=O)CCCc2ccccn2)nc2c1CCC(=O)N2CC(C)C. The summed E-state index contributed by atoms with van der Waals surface area (Å²) in [7, 11) is 0. The van der Waals surface area contributed by atoms with Crippen molar-refractivity contribution in [1.29, 1.82) is 0 Å². The zero-order valence-electron chi connectivity index (χ0n) is 19.4. The maximum atomic E-state index is 13.0. The number of carbonyl (C=O) groups excluding carboxylic acids is 2. The third-order valence-electron chi connectivity index (χ3n) is 6.32. The van der Waals surface area contributed by atoms with Crippen LogP contribution in [-0.4, -0.2) is 44.8 Å². The quantitative estimate of drug-likeness (QED) is 0.661. The third-order valence-corrected chi connectivity index (χ3v) is 6.32. The van der Waals surface area contributed by atoms with Gasteiger partial charge in [-0.15, -0.1) is 0 Å². The smallest absolute Gasteiger partial charge is 0.228 e. The van der Waals surface area contributed by atoms with Gasteiger partial charge in [0, 0.05) is 49.1 Å². The van der Waals surface area contributed by atoms with E-state index >= 15 is 0 Å². The van der Waals surface area contributed by atoms with Crippen molar-refractivity contribution in [2.24, 2.45) is 5.92 Å². The van der Waals surface area contributed by atoms with Crippen molar-refractivity contribution in [2.75, 3.05) is 18.0 Å². The summed E-state index contributed by atoms with van der Waals surface area (Å²) >= 11 is 0. The fourth-order valence-corrected chi connectivity index (χ4v) is 4.75. The number of hydrogen-bond acceptors (Lipinski definition) is 5. The third kappa shape index (κ3) is 4.81. The molecule has 2 aromatic heterocycles. The molecule has 0 aliphatic carbocycles. The summed E-state index contributed by atoms with van der Waals surface area (Å²) in [4.78, 5) is 43.5. The molecule has 7 nitrogen and oxygen atoms in total. The Morgan fingerprint density at radius 1 is 1.22 bits per heavy atom. The molecule has 0 saturated carbocycles. The van der Waals surface area contributed by atoms with Crippen LogP contribution in [0.2, 0.25) is 0 Å². The lowest BCUT2D eigenvalue weighted by molar-refractivity contribution is -0.132. The van der Waals surface area contributed by atoms with Crippen LogP contribution in [0.1, 0.15) is 74.8 Å². The lowest BCUT2D eigenvalue weighted by Gasteiger charge is -2.32. The fraction of sp³-hybridized carbons (Fsp3) is 0.560. The molecule has 7 heteroatoms. The van der Waals surface area contributed by atoms with Gasteiger partial charge in [0.05, 0.1) is 6.04 Å². The van der Waals surface area contributed by atoms with E-state index in [2.05, 4.69) is 18.8 Å². The minimum Gasteiger partial charge on any atom is -0.332 e. The molecule has 2 aromatic rings. The number of pyridine rings is 1. The molecular formula is C25H33N5O2. The van der Waals surface area contributed by atoms with E-state index in [0.29, 0.717) is 37.5 Å². The van der Waals surface area contributed by atoms with Crippen LogP contribution in [0.4, 0.5) is 5.82 Å². The molecule has 4 heterocycles. The average Bonchev–Trinajstić information content (AvgIpc) is 3.26. The molecule has 2 aliphatic heterocycles. The van der Waals surface area contributed by atoms with Gasteiger partial charge in [-0.05, 0) is 57.1 Å². The van der Waals surface area contributed by atoms with Gasteiger partial charge in [-0.2, -0.15) is 0 Å². The van der Waals surface area contributed by atoms with E-state index in [-0.39, 0.29) is 17.9 Å². The zero-order valence-corrected chi connectivity index (χ0v) is 19.4. The van der Waals surface area contributed by atoms with Crippen LogP contribution in [0.15, 0.2) is 24.4 Å². The van der Waals surface area contributed by atoms with Crippen molar-refractivity contribution >= 4 is 17.6 Å². The molecule has 1 atom stereocenters. The number of carbonyl (C=O) groups is 2. The van der Waals surface area contributed by atoms with E-state index < -0.39 is 0 Å². The molecule has 32 heavy (non-hydrogen) atoms. The molecule has 1 unspecified atom stereocenters. The predicted molar refractivity (Wildman–Crippen MR) is 123 cm³/mol. The molecular weight excluding hydrogens is 402 g/mol. The number of hydrogen-bond donors (Lipinski definition) is 0. The van der Waals surface area contributed by atoms with Crippen LogP contribution < -0.4 is 4.90 Å². The molecule has 1 saturated heterocycles. The van der Waals surface area contributed by atoms with Crippen LogP contribution in [0.25, 0.3) is 0 Å². The maximum absolute atomic E-state index is 13.0. The Hall–Kier alpha value is -2.83. The predicted octanol–water partition coefficient (Wildman–Crippen LogP) is 3.80. The second kappa shape index (κ2) is 9.76. The number of anilines is 1. The second-order valence-corrected chi connectivity index (χ2v) is 9.29. The van der Waals surface area contributed by atoms with Crippen LogP contribution in [0, 0.1) is 12.8 Å². The number of aryl methyl sites for hydroxylation is 2. The molecule has 2 amide bonds. The Morgan fingerprint density at radius 2 is 2.06 bits per heavy atom. The number of nitrogens with zero attached hydrogens (tertiary/aromatic N) is 5. The minimum absolute atomic E-state index is 0.112. The van der Waals surface area contributed by atoms with E-state index in [0.717, 1.165) is 55.0 Å². The summed E-state index contributed by atoms with van der Waals surface area (Å²) in [5, 5.41) is 0. The molecule has 0 spiro atoms. The maximum Gasteiger partial charge on any atom is 0.228 e. The van der Waals surface area contributed by atoms with E-state index in [1.807, 2.05) is 34.9 Å². The van der Waals surface area contributed by atoms with Crippen LogP contribution in [-0.2, 0) is 22.4 Å². The highest BCUT2D eigenvalue weighted by Gasteiger charge is 2.34. The Morgan fingerprint density at radius 3 is 2.81 bits per heavy atom. The monoisotopic (exact) mass is 435 g/mol. The van der Waals surface area contributed by atoms with E-state index in [4.69, 9.17) is 9.97 Å². The number of rotatable bonds is 7. The summed E-state index contributed by atoms with van der Waals surface area (Å²) in [5.41, 5.74) is 3.02. The van der Waals surface area contributed by atoms with Crippen molar-refractivity contribution in [2.45, 2.75) is 71.8 Å². The van der Waals surface area contributed by atoms with Gasteiger partial charge in [0.25, 0.3) is 0 Å². The van der Waals surface area contributed by atoms with Crippen molar-refractivity contribution in [3.05, 3.63) is 47.2 Å². The summed E-state index contributed by atoms with van der Waals surface area (Å²) in [5.74, 6) is 2.07. The highest BCUT2D eigenvalue weighted by atomic mass is 16.2. The number of fused-ring (bicyclic) bond motifs is 1. The first kappa shape index (κ1) is 22.4. The Bertz CT molecular complexity index is 976. The molecule has 170 valence electrons. The number of amides is 2. The number of aromatic nitrogens is 3. The summed E-state index contributed by atoms with van der Waals surface area (Å²) in [6, 6.07) is 5.76. The Kier molecular flexibility index (Phi) is 6.82. The highest BCUT2D eigenvalue weighted by molar-refractivity contribution is 5.95. The van der Waals surface area contributed by atoms with Crippen molar-refractivity contribution in [1.82, 2.24) is 19.9 Å². The zero-order chi connectivity index (χ0) is 22.7. The topological polar surface area (TPSA) is 79.3 Å². The van der Waals surface area contributed by atoms with Crippen LogP contribution >= 0.6 is 0 Å². The van der Waals surface area contributed by atoms with Crippen LogP contribution in [0.5, 0.6) is 0 Å². The highest BCUT2D eigenvalue weighted by Crippen LogP contribution is 2.35. The van der Waals surface area contributed by atoms with Gasteiger partial charge in [-0.25, -0.2) is 9.97 Å². The van der Waals surface area contributed by atoms with E-state index in [1.165, 1.54) is 0 Å². The van der Waals surface area contributed by atoms with Gasteiger partial charge in [0.15, 0.2) is 5.82 Å². The lowest BCUT2D eigenvalue weighted by atomic mass is 10.0. The first-order chi connectivity index (χ1) is 15.4. The Labute approximate surface area is 190 Å². The van der Waals surface area contributed by atoms with E-state index in [9.17, 15) is 9.59 Å². The van der Waals surface area contributed by atoms with Crippen molar-refractivity contribution in [3.8, 4) is 0 Å². The molecule has 4 rings (SSSR count). The molecule has 0 bridgehead atoms. The normalized spacial score (nSPS) is 18.4. The summed E-state index contributed by atoms with van der Waals surface area (Å²) in [6.07, 6.45) is 6.87. The minimum atomic E-state index is -0.112. The standard InChI is InChI=1S/C25H33N5O2/c1-17(2)16-30-23(32)13-12-20-18(3)27-24(28-25(20)30)21-10-7-15-29(21)22(31)11-6-9-19-8-4-5-14-26-19/h4-5,8,14,17,21H,6-7,9-13,15-16H2,1-3H3. The molecule has 0 radical (unpaired) electrons. The van der Waals surface area contributed by atoms with Gasteiger partial charge in [0.1, 0.15) is 5.82 Å².